The number of amides is 2. The van der Waals surface area contributed by atoms with E-state index in [1.165, 1.54) is 11.0 Å². The molecule has 144 valence electrons. The number of hydrogen-bond donors (Lipinski definition) is 1. The maximum atomic E-state index is 13.1. The molecule has 0 atom stereocenters. The van der Waals surface area contributed by atoms with Gasteiger partial charge in [0.1, 0.15) is 17.1 Å². The van der Waals surface area contributed by atoms with E-state index in [0.717, 1.165) is 16.7 Å². The fourth-order valence-corrected chi connectivity index (χ4v) is 3.58. The van der Waals surface area contributed by atoms with Gasteiger partial charge >= 0.3 is 0 Å². The van der Waals surface area contributed by atoms with Gasteiger partial charge in [-0.25, -0.2) is 0 Å². The Morgan fingerprint density at radius 3 is 2.34 bits per heavy atom. The van der Waals surface area contributed by atoms with Crippen molar-refractivity contribution in [2.24, 2.45) is 0 Å². The highest BCUT2D eigenvalue weighted by atomic mass is 32.1. The summed E-state index contributed by atoms with van der Waals surface area (Å²) < 4.78 is 5.82. The summed E-state index contributed by atoms with van der Waals surface area (Å²) in [6.45, 7) is 3.88. The molecule has 0 spiro atoms. The fraction of sp³-hybridized carbons (Fsp3) is 0.0870. The largest absolute Gasteiger partial charge is 0.457 e. The van der Waals surface area contributed by atoms with Crippen LogP contribution in [-0.2, 0) is 9.59 Å². The third-order valence-corrected chi connectivity index (χ3v) is 4.82. The predicted molar refractivity (Wildman–Crippen MR) is 116 cm³/mol. The Kier molecular flexibility index (Phi) is 4.86. The summed E-state index contributed by atoms with van der Waals surface area (Å²) in [4.78, 5) is 26.9. The van der Waals surface area contributed by atoms with Gasteiger partial charge in [-0.05, 0) is 67.5 Å². The van der Waals surface area contributed by atoms with Crippen LogP contribution in [0.3, 0.4) is 0 Å². The van der Waals surface area contributed by atoms with Crippen molar-refractivity contribution >= 4 is 40.9 Å². The molecule has 1 aromatic heterocycles. The van der Waals surface area contributed by atoms with E-state index in [1.54, 1.807) is 12.1 Å². The van der Waals surface area contributed by atoms with E-state index in [2.05, 4.69) is 5.32 Å². The predicted octanol–water partition coefficient (Wildman–Crippen LogP) is 4.39. The van der Waals surface area contributed by atoms with Gasteiger partial charge in [-0.1, -0.05) is 36.4 Å². The molecule has 1 fully saturated rings. The lowest BCUT2D eigenvalue weighted by Gasteiger charge is -2.29. The topological polar surface area (TPSA) is 62.6 Å². The fourth-order valence-electron chi connectivity index (χ4n) is 3.30. The van der Waals surface area contributed by atoms with Gasteiger partial charge in [0.2, 0.25) is 0 Å². The molecule has 1 aliphatic rings. The average molecular weight is 402 g/mol. The molecule has 0 radical (unpaired) electrons. The highest BCUT2D eigenvalue weighted by Gasteiger charge is 2.34. The Morgan fingerprint density at radius 1 is 0.966 bits per heavy atom. The number of anilines is 1. The van der Waals surface area contributed by atoms with E-state index < -0.39 is 11.8 Å². The summed E-state index contributed by atoms with van der Waals surface area (Å²) in [6.07, 6.45) is 1.45. The third-order valence-electron chi connectivity index (χ3n) is 4.54. The number of benzene rings is 2. The lowest BCUT2D eigenvalue weighted by atomic mass is 10.1. The second-order valence-corrected chi connectivity index (χ2v) is 7.26. The number of carbonyl (C=O) groups is 2. The lowest BCUT2D eigenvalue weighted by Crippen LogP contribution is -2.54. The van der Waals surface area contributed by atoms with E-state index in [-0.39, 0.29) is 10.7 Å². The van der Waals surface area contributed by atoms with E-state index in [0.29, 0.717) is 17.2 Å². The molecule has 6 heteroatoms. The van der Waals surface area contributed by atoms with Crippen molar-refractivity contribution < 1.29 is 14.0 Å². The number of carbonyl (C=O) groups excluding carboxylic acids is 2. The molecule has 4 rings (SSSR count). The van der Waals surface area contributed by atoms with Gasteiger partial charge < -0.3 is 4.42 Å². The second-order valence-electron chi connectivity index (χ2n) is 6.87. The van der Waals surface area contributed by atoms with Crippen LogP contribution < -0.4 is 10.2 Å². The SMILES string of the molecule is Cc1cc(C)cc(N2C(=O)/C(=C/c3ccc(-c4ccccc4)o3)C(=O)NC2=S)c1. The standard InChI is InChI=1S/C23H18N2O3S/c1-14-10-15(2)12-17(11-14)25-22(27)19(21(26)24-23(25)29)13-18-8-9-20(28-18)16-6-4-3-5-7-16/h3-13H,1-2H3,(H,24,26,29)/b19-13+. The Labute approximate surface area is 173 Å². The van der Waals surface area contributed by atoms with Crippen LogP contribution in [0.2, 0.25) is 0 Å². The number of nitrogens with zero attached hydrogens (tertiary/aromatic N) is 1. The van der Waals surface area contributed by atoms with Crippen molar-refractivity contribution in [1.82, 2.24) is 5.32 Å². The van der Waals surface area contributed by atoms with Gasteiger partial charge in [-0.2, -0.15) is 0 Å². The Bertz CT molecular complexity index is 1140. The first kappa shape index (κ1) is 18.8. The molecule has 0 aliphatic carbocycles. The first-order chi connectivity index (χ1) is 13.9. The zero-order chi connectivity index (χ0) is 20.5. The molecule has 29 heavy (non-hydrogen) atoms. The molecule has 0 saturated carbocycles. The lowest BCUT2D eigenvalue weighted by molar-refractivity contribution is -0.122. The second kappa shape index (κ2) is 7.48. The van der Waals surface area contributed by atoms with Crippen LogP contribution >= 0.6 is 12.2 Å². The number of hydrogen-bond acceptors (Lipinski definition) is 4. The zero-order valence-corrected chi connectivity index (χ0v) is 16.7. The number of aryl methyl sites for hydroxylation is 2. The van der Waals surface area contributed by atoms with Crippen LogP contribution in [0.15, 0.2) is 70.7 Å². The van der Waals surface area contributed by atoms with Gasteiger partial charge in [0, 0.05) is 5.56 Å². The van der Waals surface area contributed by atoms with Crippen LogP contribution in [0.1, 0.15) is 16.9 Å². The third kappa shape index (κ3) is 3.75. The first-order valence-corrected chi connectivity index (χ1v) is 9.48. The summed E-state index contributed by atoms with van der Waals surface area (Å²) >= 11 is 5.26. The quantitative estimate of drug-likeness (QED) is 0.401. The molecule has 2 amide bonds. The monoisotopic (exact) mass is 402 g/mol. The molecule has 0 bridgehead atoms. The van der Waals surface area contributed by atoms with Gasteiger partial charge in [0.05, 0.1) is 5.69 Å². The molecule has 5 nitrogen and oxygen atoms in total. The van der Waals surface area contributed by atoms with Crippen molar-refractivity contribution in [3.63, 3.8) is 0 Å². The highest BCUT2D eigenvalue weighted by Crippen LogP contribution is 2.26. The molecule has 3 aromatic rings. The van der Waals surface area contributed by atoms with Crippen molar-refractivity contribution in [3.05, 3.63) is 83.1 Å². The van der Waals surface area contributed by atoms with Crippen LogP contribution in [0.5, 0.6) is 0 Å². The van der Waals surface area contributed by atoms with Crippen LogP contribution in [0, 0.1) is 13.8 Å². The summed E-state index contributed by atoms with van der Waals surface area (Å²) in [5.74, 6) is 0.0399. The first-order valence-electron chi connectivity index (χ1n) is 9.07. The minimum absolute atomic E-state index is 0.0354. The minimum Gasteiger partial charge on any atom is -0.457 e. The van der Waals surface area contributed by atoms with Gasteiger partial charge in [0.25, 0.3) is 11.8 Å². The van der Waals surface area contributed by atoms with Gasteiger partial charge in [-0.3, -0.25) is 19.8 Å². The normalized spacial score (nSPS) is 15.7. The van der Waals surface area contributed by atoms with E-state index in [4.69, 9.17) is 16.6 Å². The number of nitrogens with one attached hydrogen (secondary N) is 1. The number of thiocarbonyl (C=S) groups is 1. The minimum atomic E-state index is -0.543. The molecule has 1 saturated heterocycles. The molecular formula is C23H18N2O3S. The van der Waals surface area contributed by atoms with Crippen LogP contribution in [0.25, 0.3) is 17.4 Å². The van der Waals surface area contributed by atoms with E-state index in [1.807, 2.05) is 62.4 Å². The Balaban J connectivity index is 1.70. The van der Waals surface area contributed by atoms with Crippen molar-refractivity contribution in [3.8, 4) is 11.3 Å². The summed E-state index contributed by atoms with van der Waals surface area (Å²) in [5.41, 5.74) is 3.49. The Morgan fingerprint density at radius 2 is 1.66 bits per heavy atom. The van der Waals surface area contributed by atoms with Gasteiger partial charge in [-0.15, -0.1) is 0 Å². The molecule has 1 aliphatic heterocycles. The van der Waals surface area contributed by atoms with Crippen molar-refractivity contribution in [1.29, 1.82) is 0 Å². The molecular weight excluding hydrogens is 384 g/mol. The maximum Gasteiger partial charge on any atom is 0.270 e. The van der Waals surface area contributed by atoms with Crippen molar-refractivity contribution in [2.75, 3.05) is 4.90 Å². The average Bonchev–Trinajstić information content (AvgIpc) is 3.14. The molecule has 2 heterocycles. The van der Waals surface area contributed by atoms with E-state index >= 15 is 0 Å². The molecule has 2 aromatic carbocycles. The van der Waals surface area contributed by atoms with Crippen LogP contribution in [-0.4, -0.2) is 16.9 Å². The number of furan rings is 1. The highest BCUT2D eigenvalue weighted by molar-refractivity contribution is 7.80. The van der Waals surface area contributed by atoms with E-state index in [9.17, 15) is 9.59 Å². The maximum absolute atomic E-state index is 13.1. The number of rotatable bonds is 3. The van der Waals surface area contributed by atoms with Crippen LogP contribution in [0.4, 0.5) is 5.69 Å². The Hall–Kier alpha value is -3.51. The van der Waals surface area contributed by atoms with Gasteiger partial charge in [0.15, 0.2) is 5.11 Å². The smallest absolute Gasteiger partial charge is 0.270 e. The summed E-state index contributed by atoms with van der Waals surface area (Å²) in [6, 6.07) is 18.8. The summed E-state index contributed by atoms with van der Waals surface area (Å²) in [5, 5.41) is 2.66. The summed E-state index contributed by atoms with van der Waals surface area (Å²) in [7, 11) is 0. The van der Waals surface area contributed by atoms with Crippen molar-refractivity contribution in [2.45, 2.75) is 13.8 Å². The molecule has 1 N–H and O–H groups in total. The zero-order valence-electron chi connectivity index (χ0n) is 15.9. The molecule has 0 unspecified atom stereocenters.